The van der Waals surface area contributed by atoms with Crippen molar-refractivity contribution in [1.29, 1.82) is 0 Å². The lowest BCUT2D eigenvalue weighted by Gasteiger charge is -2.11. The van der Waals surface area contributed by atoms with Gasteiger partial charge in [0.15, 0.2) is 5.11 Å². The molecule has 0 aromatic heterocycles. The van der Waals surface area contributed by atoms with Crippen molar-refractivity contribution in [1.82, 2.24) is 5.32 Å². The van der Waals surface area contributed by atoms with Crippen LogP contribution in [0, 0.1) is 6.92 Å². The zero-order valence-corrected chi connectivity index (χ0v) is 14.3. The summed E-state index contributed by atoms with van der Waals surface area (Å²) in [6, 6.07) is 5.72. The summed E-state index contributed by atoms with van der Waals surface area (Å²) in [5.74, 6) is -0.725. The molecule has 0 heterocycles. The first-order chi connectivity index (χ1) is 9.92. The van der Waals surface area contributed by atoms with Gasteiger partial charge in [0, 0.05) is 10.9 Å². The molecule has 0 atom stereocenters. The number of amides is 1. The van der Waals surface area contributed by atoms with E-state index >= 15 is 0 Å². The monoisotopic (exact) mass is 372 g/mol. The number of carbonyl (C=O) groups is 2. The van der Waals surface area contributed by atoms with Gasteiger partial charge in [0.05, 0.1) is 18.7 Å². The molecular weight excluding hydrogens is 356 g/mol. The zero-order valence-electron chi connectivity index (χ0n) is 11.9. The molecule has 7 heteroatoms. The normalized spacial score (nSPS) is 9.86. The average Bonchev–Trinajstić information content (AvgIpc) is 2.40. The van der Waals surface area contributed by atoms with E-state index in [0.29, 0.717) is 6.61 Å². The first-order valence-electron chi connectivity index (χ1n) is 6.45. The van der Waals surface area contributed by atoms with Gasteiger partial charge in [-0.15, -0.1) is 0 Å². The van der Waals surface area contributed by atoms with Crippen molar-refractivity contribution in [3.8, 4) is 0 Å². The van der Waals surface area contributed by atoms with E-state index in [9.17, 15) is 9.59 Å². The van der Waals surface area contributed by atoms with E-state index in [2.05, 4.69) is 26.6 Å². The second kappa shape index (κ2) is 8.74. The largest absolute Gasteiger partial charge is 0.466 e. The van der Waals surface area contributed by atoms with Gasteiger partial charge in [0.1, 0.15) is 0 Å². The Morgan fingerprint density at radius 2 is 2.05 bits per heavy atom. The Morgan fingerprint density at radius 1 is 1.33 bits per heavy atom. The number of nitrogens with one attached hydrogen (secondary N) is 2. The average molecular weight is 373 g/mol. The van der Waals surface area contributed by atoms with E-state index < -0.39 is 5.97 Å². The third-order valence-corrected chi connectivity index (χ3v) is 3.35. The molecule has 0 saturated heterocycles. The highest BCUT2D eigenvalue weighted by Gasteiger charge is 2.10. The van der Waals surface area contributed by atoms with Crippen LogP contribution in [0.15, 0.2) is 22.7 Å². The smallest absolute Gasteiger partial charge is 0.306 e. The van der Waals surface area contributed by atoms with E-state index in [-0.39, 0.29) is 23.9 Å². The maximum absolute atomic E-state index is 11.6. The Morgan fingerprint density at radius 3 is 2.67 bits per heavy atom. The Labute approximate surface area is 137 Å². The molecule has 0 aliphatic heterocycles. The standard InChI is InChI=1S/C14H17BrN2O3S/c1-3-20-13(19)7-6-12(18)17-14(21)16-11-5-4-9(2)8-10(11)15/h4-5,8H,3,6-7H2,1-2H3,(H2,16,17,18,21). The third kappa shape index (κ3) is 6.68. The molecule has 114 valence electrons. The minimum Gasteiger partial charge on any atom is -0.466 e. The van der Waals surface area contributed by atoms with Gasteiger partial charge in [-0.25, -0.2) is 0 Å². The number of carbonyl (C=O) groups excluding carboxylic acids is 2. The number of benzene rings is 1. The van der Waals surface area contributed by atoms with Gasteiger partial charge >= 0.3 is 5.97 Å². The Balaban J connectivity index is 2.42. The van der Waals surface area contributed by atoms with E-state index in [1.807, 2.05) is 25.1 Å². The number of halogens is 1. The second-order valence-corrected chi connectivity index (χ2v) is 5.55. The maximum Gasteiger partial charge on any atom is 0.306 e. The predicted molar refractivity (Wildman–Crippen MR) is 89.1 cm³/mol. The highest BCUT2D eigenvalue weighted by molar-refractivity contribution is 9.10. The molecule has 0 aliphatic rings. The van der Waals surface area contributed by atoms with Crippen molar-refractivity contribution in [2.75, 3.05) is 11.9 Å². The number of esters is 1. The first-order valence-corrected chi connectivity index (χ1v) is 7.65. The lowest BCUT2D eigenvalue weighted by atomic mass is 10.2. The second-order valence-electron chi connectivity index (χ2n) is 4.29. The molecule has 0 saturated carbocycles. The van der Waals surface area contributed by atoms with Crippen LogP contribution in [0.3, 0.4) is 0 Å². The number of hydrogen-bond donors (Lipinski definition) is 2. The van der Waals surface area contributed by atoms with Crippen molar-refractivity contribution in [2.45, 2.75) is 26.7 Å². The highest BCUT2D eigenvalue weighted by Crippen LogP contribution is 2.23. The highest BCUT2D eigenvalue weighted by atomic mass is 79.9. The summed E-state index contributed by atoms with van der Waals surface area (Å²) in [5, 5.41) is 5.63. The molecule has 0 radical (unpaired) electrons. The van der Waals surface area contributed by atoms with Crippen LogP contribution in [-0.4, -0.2) is 23.6 Å². The molecule has 0 aliphatic carbocycles. The number of rotatable bonds is 5. The fourth-order valence-electron chi connectivity index (χ4n) is 1.51. The Bertz CT molecular complexity index is 549. The number of ether oxygens (including phenoxy) is 1. The summed E-state index contributed by atoms with van der Waals surface area (Å²) in [5.41, 5.74) is 1.87. The van der Waals surface area contributed by atoms with Crippen molar-refractivity contribution >= 4 is 50.8 Å². The van der Waals surface area contributed by atoms with Crippen LogP contribution < -0.4 is 10.6 Å². The quantitative estimate of drug-likeness (QED) is 0.614. The molecule has 1 aromatic rings. The summed E-state index contributed by atoms with van der Waals surface area (Å²) in [4.78, 5) is 22.8. The van der Waals surface area contributed by atoms with E-state index in [1.54, 1.807) is 6.92 Å². The molecular formula is C14H17BrN2O3S. The fraction of sp³-hybridized carbons (Fsp3) is 0.357. The van der Waals surface area contributed by atoms with Crippen molar-refractivity contribution in [3.63, 3.8) is 0 Å². The van der Waals surface area contributed by atoms with Gasteiger partial charge in [0.2, 0.25) is 5.91 Å². The first kappa shape index (κ1) is 17.6. The summed E-state index contributed by atoms with van der Waals surface area (Å²) in [7, 11) is 0. The minimum atomic E-state index is -0.396. The van der Waals surface area contributed by atoms with Gasteiger partial charge in [-0.3, -0.25) is 9.59 Å². The fourth-order valence-corrected chi connectivity index (χ4v) is 2.33. The zero-order chi connectivity index (χ0) is 15.8. The summed E-state index contributed by atoms with van der Waals surface area (Å²) in [6.45, 7) is 4.00. The van der Waals surface area contributed by atoms with Gasteiger partial charge in [0.25, 0.3) is 0 Å². The van der Waals surface area contributed by atoms with Crippen LogP contribution in [0.5, 0.6) is 0 Å². The molecule has 5 nitrogen and oxygen atoms in total. The molecule has 0 bridgehead atoms. The number of anilines is 1. The molecule has 0 fully saturated rings. The van der Waals surface area contributed by atoms with Crippen molar-refractivity contribution in [3.05, 3.63) is 28.2 Å². The number of aryl methyl sites for hydroxylation is 1. The van der Waals surface area contributed by atoms with Crippen LogP contribution in [0.1, 0.15) is 25.3 Å². The lowest BCUT2D eigenvalue weighted by molar-refractivity contribution is -0.144. The van der Waals surface area contributed by atoms with Crippen LogP contribution in [-0.2, 0) is 14.3 Å². The number of thiocarbonyl (C=S) groups is 1. The minimum absolute atomic E-state index is 0.0374. The maximum atomic E-state index is 11.6. The van der Waals surface area contributed by atoms with Crippen LogP contribution in [0.4, 0.5) is 5.69 Å². The van der Waals surface area contributed by atoms with E-state index in [0.717, 1.165) is 15.7 Å². The molecule has 1 aromatic carbocycles. The van der Waals surface area contributed by atoms with Gasteiger partial charge in [-0.05, 0) is 59.7 Å². The number of hydrogen-bond acceptors (Lipinski definition) is 4. The van der Waals surface area contributed by atoms with Gasteiger partial charge < -0.3 is 15.4 Å². The SMILES string of the molecule is CCOC(=O)CCC(=O)NC(=S)Nc1ccc(C)cc1Br. The van der Waals surface area contributed by atoms with E-state index in [1.165, 1.54) is 0 Å². The predicted octanol–water partition coefficient (Wildman–Crippen LogP) is 2.91. The molecule has 21 heavy (non-hydrogen) atoms. The van der Waals surface area contributed by atoms with Gasteiger partial charge in [-0.2, -0.15) is 0 Å². The molecule has 1 amide bonds. The van der Waals surface area contributed by atoms with Crippen molar-refractivity contribution < 1.29 is 14.3 Å². The summed E-state index contributed by atoms with van der Waals surface area (Å²) < 4.78 is 5.60. The van der Waals surface area contributed by atoms with Crippen LogP contribution in [0.2, 0.25) is 0 Å². The topological polar surface area (TPSA) is 67.4 Å². The van der Waals surface area contributed by atoms with E-state index in [4.69, 9.17) is 17.0 Å². The third-order valence-electron chi connectivity index (χ3n) is 2.49. The van der Waals surface area contributed by atoms with Crippen LogP contribution in [0.25, 0.3) is 0 Å². The molecule has 0 unspecified atom stereocenters. The molecule has 0 spiro atoms. The summed E-state index contributed by atoms with van der Waals surface area (Å²) in [6.07, 6.45) is 0.0756. The Kier molecular flexibility index (Phi) is 7.31. The lowest BCUT2D eigenvalue weighted by Crippen LogP contribution is -2.34. The Hall–Kier alpha value is -1.47. The van der Waals surface area contributed by atoms with Crippen LogP contribution >= 0.6 is 28.1 Å². The van der Waals surface area contributed by atoms with Gasteiger partial charge in [-0.1, -0.05) is 6.07 Å². The molecule has 2 N–H and O–H groups in total. The molecule has 1 rings (SSSR count). The summed E-state index contributed by atoms with van der Waals surface area (Å²) >= 11 is 8.47. The van der Waals surface area contributed by atoms with Crippen molar-refractivity contribution in [2.24, 2.45) is 0 Å².